The minimum atomic E-state index is -0.937. The molecule has 7 nitrogen and oxygen atoms in total. The summed E-state index contributed by atoms with van der Waals surface area (Å²) in [4.78, 5) is 37.7. The molecule has 0 aromatic heterocycles. The van der Waals surface area contributed by atoms with E-state index in [1.54, 1.807) is 4.90 Å². The number of hydrogen-bond donors (Lipinski definition) is 2. The molecule has 33 heavy (non-hydrogen) atoms. The Morgan fingerprint density at radius 1 is 1.00 bits per heavy atom. The number of carboxylic acid groups (broad SMARTS) is 1. The quantitative estimate of drug-likeness (QED) is 0.527. The summed E-state index contributed by atoms with van der Waals surface area (Å²) < 4.78 is 5.59. The molecule has 0 fully saturated rings. The predicted octanol–water partition coefficient (Wildman–Crippen LogP) is 4.41. The van der Waals surface area contributed by atoms with Gasteiger partial charge in [0.15, 0.2) is 0 Å². The molecule has 2 N–H and O–H groups in total. The van der Waals surface area contributed by atoms with E-state index in [9.17, 15) is 14.4 Å². The standard InChI is InChI=1S/C26H32N2O5/c1-3-14-28(15-13-25(30)31)24(29)16-18(4-2)27-26(32)33-17-23-21-11-7-5-9-19(21)20-10-6-8-12-22(20)23/h5-12,18,23H,3-4,13-17H2,1-2H3,(H,27,32)(H,30,31)/t18-/m1/s1. The Balaban J connectivity index is 1.57. The van der Waals surface area contributed by atoms with Crippen molar-refractivity contribution in [3.63, 3.8) is 0 Å². The van der Waals surface area contributed by atoms with Crippen LogP contribution >= 0.6 is 0 Å². The Bertz CT molecular complexity index is 945. The van der Waals surface area contributed by atoms with Crippen molar-refractivity contribution in [3.05, 3.63) is 59.7 Å². The normalized spacial score (nSPS) is 13.0. The number of carbonyl (C=O) groups is 3. The van der Waals surface area contributed by atoms with Gasteiger partial charge in [0.05, 0.1) is 6.42 Å². The van der Waals surface area contributed by atoms with Gasteiger partial charge in [0, 0.05) is 31.5 Å². The molecule has 0 saturated heterocycles. The Kier molecular flexibility index (Phi) is 8.46. The van der Waals surface area contributed by atoms with Crippen LogP contribution in [0.2, 0.25) is 0 Å². The highest BCUT2D eigenvalue weighted by molar-refractivity contribution is 5.80. The van der Waals surface area contributed by atoms with Gasteiger partial charge in [0.1, 0.15) is 6.61 Å². The fraction of sp³-hybridized carbons (Fsp3) is 0.423. The summed E-state index contributed by atoms with van der Waals surface area (Å²) in [6.07, 6.45) is 0.767. The van der Waals surface area contributed by atoms with E-state index in [1.165, 1.54) is 0 Å². The summed E-state index contributed by atoms with van der Waals surface area (Å²) >= 11 is 0. The highest BCUT2D eigenvalue weighted by Gasteiger charge is 2.29. The smallest absolute Gasteiger partial charge is 0.407 e. The molecule has 1 aliphatic carbocycles. The lowest BCUT2D eigenvalue weighted by atomic mass is 9.98. The first-order chi connectivity index (χ1) is 15.9. The minimum absolute atomic E-state index is 0.0269. The topological polar surface area (TPSA) is 95.9 Å². The number of hydrogen-bond acceptors (Lipinski definition) is 4. The fourth-order valence-corrected chi connectivity index (χ4v) is 4.31. The molecule has 0 bridgehead atoms. The number of nitrogens with zero attached hydrogens (tertiary/aromatic N) is 1. The Morgan fingerprint density at radius 3 is 2.15 bits per heavy atom. The zero-order chi connectivity index (χ0) is 23.8. The van der Waals surface area contributed by atoms with E-state index in [0.29, 0.717) is 13.0 Å². The maximum Gasteiger partial charge on any atom is 0.407 e. The number of benzene rings is 2. The van der Waals surface area contributed by atoms with E-state index in [4.69, 9.17) is 9.84 Å². The van der Waals surface area contributed by atoms with Crippen molar-refractivity contribution >= 4 is 18.0 Å². The van der Waals surface area contributed by atoms with Crippen molar-refractivity contribution in [1.29, 1.82) is 0 Å². The maximum atomic E-state index is 12.7. The van der Waals surface area contributed by atoms with Crippen LogP contribution in [0, 0.1) is 0 Å². The third kappa shape index (κ3) is 6.12. The average molecular weight is 453 g/mol. The summed E-state index contributed by atoms with van der Waals surface area (Å²) in [7, 11) is 0. The molecule has 1 aliphatic rings. The van der Waals surface area contributed by atoms with Crippen LogP contribution in [-0.2, 0) is 14.3 Å². The van der Waals surface area contributed by atoms with E-state index in [2.05, 4.69) is 29.6 Å². The number of aliphatic carboxylic acids is 1. The summed E-state index contributed by atoms with van der Waals surface area (Å²) in [6.45, 7) is 4.71. The minimum Gasteiger partial charge on any atom is -0.481 e. The fourth-order valence-electron chi connectivity index (χ4n) is 4.31. The van der Waals surface area contributed by atoms with Gasteiger partial charge in [-0.1, -0.05) is 62.4 Å². The first-order valence-corrected chi connectivity index (χ1v) is 11.6. The van der Waals surface area contributed by atoms with Crippen LogP contribution in [0.15, 0.2) is 48.5 Å². The molecule has 0 spiro atoms. The van der Waals surface area contributed by atoms with Crippen LogP contribution in [0.25, 0.3) is 11.1 Å². The van der Waals surface area contributed by atoms with Crippen molar-refractivity contribution in [3.8, 4) is 11.1 Å². The Hall–Kier alpha value is -3.35. The molecule has 0 heterocycles. The van der Waals surface area contributed by atoms with Crippen LogP contribution in [0.1, 0.15) is 56.6 Å². The Labute approximate surface area is 194 Å². The zero-order valence-corrected chi connectivity index (χ0v) is 19.3. The predicted molar refractivity (Wildman–Crippen MR) is 126 cm³/mol. The Morgan fingerprint density at radius 2 is 1.61 bits per heavy atom. The second-order valence-electron chi connectivity index (χ2n) is 8.30. The average Bonchev–Trinajstić information content (AvgIpc) is 3.13. The summed E-state index contributed by atoms with van der Waals surface area (Å²) in [6, 6.07) is 15.9. The van der Waals surface area contributed by atoms with Crippen LogP contribution in [-0.4, -0.2) is 53.7 Å². The highest BCUT2D eigenvalue weighted by Crippen LogP contribution is 2.44. The molecule has 0 unspecified atom stereocenters. The number of alkyl carbamates (subject to hydrolysis) is 1. The number of fused-ring (bicyclic) bond motifs is 3. The van der Waals surface area contributed by atoms with E-state index in [-0.39, 0.29) is 43.9 Å². The van der Waals surface area contributed by atoms with Crippen molar-refractivity contribution in [2.45, 2.75) is 51.5 Å². The van der Waals surface area contributed by atoms with Gasteiger partial charge >= 0.3 is 12.1 Å². The number of nitrogens with one attached hydrogen (secondary N) is 1. The van der Waals surface area contributed by atoms with E-state index < -0.39 is 12.1 Å². The lowest BCUT2D eigenvalue weighted by molar-refractivity contribution is -0.138. The first-order valence-electron chi connectivity index (χ1n) is 11.6. The lowest BCUT2D eigenvalue weighted by Crippen LogP contribution is -2.41. The summed E-state index contributed by atoms with van der Waals surface area (Å²) in [5, 5.41) is 11.7. The van der Waals surface area contributed by atoms with Crippen LogP contribution in [0.5, 0.6) is 0 Å². The molecule has 176 valence electrons. The third-order valence-corrected chi connectivity index (χ3v) is 6.02. The van der Waals surface area contributed by atoms with Crippen LogP contribution in [0.4, 0.5) is 4.79 Å². The van der Waals surface area contributed by atoms with Gasteiger partial charge in [0.2, 0.25) is 5.91 Å². The second-order valence-corrected chi connectivity index (χ2v) is 8.30. The largest absolute Gasteiger partial charge is 0.481 e. The number of carbonyl (C=O) groups excluding carboxylic acids is 2. The van der Waals surface area contributed by atoms with Gasteiger partial charge in [0.25, 0.3) is 0 Å². The third-order valence-electron chi connectivity index (χ3n) is 6.02. The number of amides is 2. The van der Waals surface area contributed by atoms with Crippen molar-refractivity contribution in [2.24, 2.45) is 0 Å². The molecular weight excluding hydrogens is 420 g/mol. The van der Waals surface area contributed by atoms with E-state index in [1.807, 2.05) is 38.1 Å². The molecule has 1 atom stereocenters. The molecule has 0 aliphatic heterocycles. The lowest BCUT2D eigenvalue weighted by Gasteiger charge is -2.24. The maximum absolute atomic E-state index is 12.7. The number of carboxylic acids is 1. The van der Waals surface area contributed by atoms with Gasteiger partial charge in [-0.05, 0) is 35.1 Å². The number of rotatable bonds is 11. The van der Waals surface area contributed by atoms with Crippen molar-refractivity contribution in [2.75, 3.05) is 19.7 Å². The van der Waals surface area contributed by atoms with Gasteiger partial charge < -0.3 is 20.1 Å². The molecule has 2 amide bonds. The molecule has 2 aromatic rings. The van der Waals surface area contributed by atoms with Gasteiger partial charge in [-0.2, -0.15) is 0 Å². The molecule has 2 aromatic carbocycles. The van der Waals surface area contributed by atoms with Gasteiger partial charge in [-0.3, -0.25) is 9.59 Å². The molecule has 0 saturated carbocycles. The number of ether oxygens (including phenoxy) is 1. The SMILES string of the molecule is CCCN(CCC(=O)O)C(=O)C[C@@H](CC)NC(=O)OCC1c2ccccc2-c2ccccc21. The summed E-state index contributed by atoms with van der Waals surface area (Å²) in [5.41, 5.74) is 4.61. The molecular formula is C26H32N2O5. The van der Waals surface area contributed by atoms with Crippen LogP contribution < -0.4 is 5.32 Å². The molecule has 3 rings (SSSR count). The summed E-state index contributed by atoms with van der Waals surface area (Å²) in [5.74, 6) is -1.13. The zero-order valence-electron chi connectivity index (χ0n) is 19.3. The van der Waals surface area contributed by atoms with E-state index in [0.717, 1.165) is 28.7 Å². The van der Waals surface area contributed by atoms with Crippen molar-refractivity contribution < 1.29 is 24.2 Å². The molecule has 0 radical (unpaired) electrons. The van der Waals surface area contributed by atoms with Gasteiger partial charge in [-0.25, -0.2) is 4.79 Å². The highest BCUT2D eigenvalue weighted by atomic mass is 16.5. The van der Waals surface area contributed by atoms with Gasteiger partial charge in [-0.15, -0.1) is 0 Å². The van der Waals surface area contributed by atoms with E-state index >= 15 is 0 Å². The van der Waals surface area contributed by atoms with Crippen molar-refractivity contribution in [1.82, 2.24) is 10.2 Å². The second kappa shape index (κ2) is 11.5. The van der Waals surface area contributed by atoms with Crippen LogP contribution in [0.3, 0.4) is 0 Å². The molecule has 7 heteroatoms. The first kappa shape index (κ1) is 24.3. The monoisotopic (exact) mass is 452 g/mol.